The van der Waals surface area contributed by atoms with Gasteiger partial charge in [-0.1, -0.05) is 0 Å². The molecular weight excluding hydrogens is 142 g/mol. The molecule has 3 nitrogen and oxygen atoms in total. The number of carbonyl (C=O) groups excluding carboxylic acids is 2. The van der Waals surface area contributed by atoms with Crippen LogP contribution in [0.25, 0.3) is 0 Å². The van der Waals surface area contributed by atoms with Crippen molar-refractivity contribution in [2.24, 2.45) is 0 Å². The zero-order chi connectivity index (χ0) is 7.84. The SMILES string of the molecule is O=C1Cc2ncccc2C1=O. The van der Waals surface area contributed by atoms with Crippen LogP contribution >= 0.6 is 0 Å². The molecule has 0 saturated carbocycles. The number of pyridine rings is 1. The number of nitrogens with zero attached hydrogens (tertiary/aromatic N) is 1. The molecule has 0 aromatic carbocycles. The van der Waals surface area contributed by atoms with Crippen LogP contribution in [0.15, 0.2) is 18.3 Å². The Morgan fingerprint density at radius 3 is 2.91 bits per heavy atom. The summed E-state index contributed by atoms with van der Waals surface area (Å²) in [4.78, 5) is 25.8. The van der Waals surface area contributed by atoms with Crippen LogP contribution in [0.5, 0.6) is 0 Å². The van der Waals surface area contributed by atoms with E-state index >= 15 is 0 Å². The van der Waals surface area contributed by atoms with Crippen LogP contribution in [0.1, 0.15) is 16.1 Å². The summed E-state index contributed by atoms with van der Waals surface area (Å²) in [5.74, 6) is -0.744. The van der Waals surface area contributed by atoms with Crippen LogP contribution in [0.3, 0.4) is 0 Å². The summed E-state index contributed by atoms with van der Waals surface area (Å²) in [6.45, 7) is 0. The maximum absolute atomic E-state index is 11.0. The first-order valence-corrected chi connectivity index (χ1v) is 3.30. The van der Waals surface area contributed by atoms with E-state index in [2.05, 4.69) is 4.98 Å². The van der Waals surface area contributed by atoms with E-state index in [9.17, 15) is 9.59 Å². The highest BCUT2D eigenvalue weighted by Gasteiger charge is 2.28. The predicted octanol–water partition coefficient (Wildman–Crippen LogP) is 0.390. The van der Waals surface area contributed by atoms with E-state index in [0.29, 0.717) is 11.3 Å². The zero-order valence-corrected chi connectivity index (χ0v) is 5.70. The molecule has 0 bridgehead atoms. The number of ketones is 2. The van der Waals surface area contributed by atoms with Crippen molar-refractivity contribution in [3.8, 4) is 0 Å². The van der Waals surface area contributed by atoms with Gasteiger partial charge in [-0.2, -0.15) is 0 Å². The summed E-state index contributed by atoms with van der Waals surface area (Å²) in [7, 11) is 0. The molecule has 0 radical (unpaired) electrons. The molecule has 54 valence electrons. The normalized spacial score (nSPS) is 15.3. The minimum atomic E-state index is -0.395. The maximum Gasteiger partial charge on any atom is 0.230 e. The largest absolute Gasteiger partial charge is 0.290 e. The van der Waals surface area contributed by atoms with Crippen LogP contribution in [-0.4, -0.2) is 16.6 Å². The van der Waals surface area contributed by atoms with Gasteiger partial charge in [-0.3, -0.25) is 14.6 Å². The molecule has 1 aliphatic carbocycles. The van der Waals surface area contributed by atoms with Gasteiger partial charge >= 0.3 is 0 Å². The van der Waals surface area contributed by atoms with E-state index < -0.39 is 5.78 Å². The molecule has 0 unspecified atom stereocenters. The van der Waals surface area contributed by atoms with Gasteiger partial charge in [0.15, 0.2) is 0 Å². The fourth-order valence-electron chi connectivity index (χ4n) is 1.17. The second-order valence-corrected chi connectivity index (χ2v) is 2.43. The summed E-state index contributed by atoms with van der Waals surface area (Å²) in [6.07, 6.45) is 1.76. The minimum absolute atomic E-state index is 0.176. The maximum atomic E-state index is 11.0. The first-order chi connectivity index (χ1) is 5.29. The van der Waals surface area contributed by atoms with Crippen molar-refractivity contribution in [1.82, 2.24) is 4.98 Å². The standard InChI is InChI=1S/C8H5NO2/c10-7-4-6-5(8(7)11)2-1-3-9-6/h1-3H,4H2. The van der Waals surface area contributed by atoms with E-state index in [1.807, 2.05) is 0 Å². The minimum Gasteiger partial charge on any atom is -0.290 e. The molecule has 11 heavy (non-hydrogen) atoms. The highest BCUT2D eigenvalue weighted by atomic mass is 16.2. The molecule has 0 aliphatic heterocycles. The molecule has 1 heterocycles. The number of hydrogen-bond donors (Lipinski definition) is 0. The molecule has 0 saturated heterocycles. The van der Waals surface area contributed by atoms with Crippen LogP contribution in [0.4, 0.5) is 0 Å². The van der Waals surface area contributed by atoms with Crippen molar-refractivity contribution in [3.05, 3.63) is 29.6 Å². The average Bonchev–Trinajstić information content (AvgIpc) is 2.30. The van der Waals surface area contributed by atoms with E-state index in [4.69, 9.17) is 0 Å². The summed E-state index contributed by atoms with van der Waals surface area (Å²) >= 11 is 0. The van der Waals surface area contributed by atoms with Gasteiger partial charge in [0.05, 0.1) is 12.1 Å². The number of hydrogen-bond acceptors (Lipinski definition) is 3. The van der Waals surface area contributed by atoms with Gasteiger partial charge in [0.25, 0.3) is 0 Å². The van der Waals surface area contributed by atoms with Crippen LogP contribution < -0.4 is 0 Å². The molecule has 1 aromatic rings. The first-order valence-electron chi connectivity index (χ1n) is 3.30. The van der Waals surface area contributed by atoms with Crippen molar-refractivity contribution >= 4 is 11.6 Å². The molecule has 0 amide bonds. The molecule has 0 N–H and O–H groups in total. The van der Waals surface area contributed by atoms with Crippen molar-refractivity contribution in [3.63, 3.8) is 0 Å². The second-order valence-electron chi connectivity index (χ2n) is 2.43. The van der Waals surface area contributed by atoms with Gasteiger partial charge in [-0.25, -0.2) is 0 Å². The molecular formula is C8H5NO2. The molecule has 2 rings (SSSR count). The van der Waals surface area contributed by atoms with Crippen molar-refractivity contribution in [2.75, 3.05) is 0 Å². The van der Waals surface area contributed by atoms with Gasteiger partial charge in [-0.15, -0.1) is 0 Å². The Kier molecular flexibility index (Phi) is 1.12. The van der Waals surface area contributed by atoms with Crippen molar-refractivity contribution in [1.29, 1.82) is 0 Å². The number of aromatic nitrogens is 1. The Bertz CT molecular complexity index is 344. The monoisotopic (exact) mass is 147 g/mol. The van der Waals surface area contributed by atoms with Gasteiger partial charge in [0.2, 0.25) is 11.6 Å². The quantitative estimate of drug-likeness (QED) is 0.499. The van der Waals surface area contributed by atoms with E-state index in [-0.39, 0.29) is 12.2 Å². The van der Waals surface area contributed by atoms with Gasteiger partial charge in [-0.05, 0) is 12.1 Å². The van der Waals surface area contributed by atoms with Crippen molar-refractivity contribution in [2.45, 2.75) is 6.42 Å². The van der Waals surface area contributed by atoms with Gasteiger partial charge in [0.1, 0.15) is 0 Å². The fraction of sp³-hybridized carbons (Fsp3) is 0.125. The molecule has 1 aliphatic rings. The van der Waals surface area contributed by atoms with Gasteiger partial charge in [0, 0.05) is 11.8 Å². The molecule has 0 atom stereocenters. The Morgan fingerprint density at radius 2 is 2.18 bits per heavy atom. The van der Waals surface area contributed by atoms with E-state index in [1.165, 1.54) is 0 Å². The van der Waals surface area contributed by atoms with Crippen LogP contribution in [-0.2, 0) is 11.2 Å². The fourth-order valence-corrected chi connectivity index (χ4v) is 1.17. The second kappa shape index (κ2) is 1.99. The predicted molar refractivity (Wildman–Crippen MR) is 37.3 cm³/mol. The third kappa shape index (κ3) is 0.774. The Labute approximate surface area is 63.1 Å². The zero-order valence-electron chi connectivity index (χ0n) is 5.70. The van der Waals surface area contributed by atoms with E-state index in [0.717, 1.165) is 0 Å². The smallest absolute Gasteiger partial charge is 0.230 e. The number of fused-ring (bicyclic) bond motifs is 1. The number of carbonyl (C=O) groups is 2. The number of Topliss-reactive ketones (excluding diaryl/α,β-unsaturated/α-hetero) is 2. The lowest BCUT2D eigenvalue weighted by atomic mass is 10.2. The number of rotatable bonds is 0. The Hall–Kier alpha value is -1.51. The third-order valence-corrected chi connectivity index (χ3v) is 1.72. The lowest BCUT2D eigenvalue weighted by Crippen LogP contribution is -2.05. The van der Waals surface area contributed by atoms with Crippen LogP contribution in [0, 0.1) is 0 Å². The molecule has 1 aromatic heterocycles. The summed E-state index contributed by atoms with van der Waals surface area (Å²) < 4.78 is 0. The molecule has 0 spiro atoms. The lowest BCUT2D eigenvalue weighted by molar-refractivity contribution is -0.114. The average molecular weight is 147 g/mol. The highest BCUT2D eigenvalue weighted by Crippen LogP contribution is 2.15. The van der Waals surface area contributed by atoms with Crippen molar-refractivity contribution < 1.29 is 9.59 Å². The Balaban J connectivity index is 2.64. The van der Waals surface area contributed by atoms with Gasteiger partial charge < -0.3 is 0 Å². The Morgan fingerprint density at radius 1 is 1.36 bits per heavy atom. The summed E-state index contributed by atoms with van der Waals surface area (Å²) in [5, 5.41) is 0. The topological polar surface area (TPSA) is 47.0 Å². The third-order valence-electron chi connectivity index (χ3n) is 1.72. The summed E-state index contributed by atoms with van der Waals surface area (Å²) in [5.41, 5.74) is 1.08. The molecule has 3 heteroatoms. The van der Waals surface area contributed by atoms with E-state index in [1.54, 1.807) is 18.3 Å². The lowest BCUT2D eigenvalue weighted by Gasteiger charge is -1.89. The van der Waals surface area contributed by atoms with Crippen LogP contribution in [0.2, 0.25) is 0 Å². The first kappa shape index (κ1) is 6.22. The molecule has 0 fully saturated rings. The highest BCUT2D eigenvalue weighted by molar-refractivity contribution is 6.47. The summed E-state index contributed by atoms with van der Waals surface area (Å²) in [6, 6.07) is 3.30.